The summed E-state index contributed by atoms with van der Waals surface area (Å²) in [5.74, 6) is 0.430. The molecule has 4 heterocycles. The lowest BCUT2D eigenvalue weighted by atomic mass is 10.1. The molecule has 10 nitrogen and oxygen atoms in total. The van der Waals surface area contributed by atoms with E-state index in [9.17, 15) is 4.79 Å². The fraction of sp³-hybridized carbons (Fsp3) is 0.429. The van der Waals surface area contributed by atoms with Gasteiger partial charge in [0.15, 0.2) is 11.3 Å². The second-order valence-corrected chi connectivity index (χ2v) is 8.13. The SMILES string of the molecule is Cn1ccc(CNC(=O)c2cn(CCCCc3cc4cc(C5CC5)[nH]c4nn3)nn2)n1. The fourth-order valence-corrected chi connectivity index (χ4v) is 3.64. The van der Waals surface area contributed by atoms with Crippen molar-refractivity contribution in [1.29, 1.82) is 0 Å². The quantitative estimate of drug-likeness (QED) is 0.401. The Kier molecular flexibility index (Phi) is 5.19. The predicted molar refractivity (Wildman–Crippen MR) is 113 cm³/mol. The van der Waals surface area contributed by atoms with Gasteiger partial charge in [-0.05, 0) is 56.2 Å². The van der Waals surface area contributed by atoms with Crippen molar-refractivity contribution in [3.05, 3.63) is 53.4 Å². The van der Waals surface area contributed by atoms with Crippen LogP contribution in [0.1, 0.15) is 59.2 Å². The maximum atomic E-state index is 12.2. The number of H-pyrrole nitrogens is 1. The van der Waals surface area contributed by atoms with E-state index < -0.39 is 0 Å². The third kappa shape index (κ3) is 4.62. The summed E-state index contributed by atoms with van der Waals surface area (Å²) in [4.78, 5) is 15.6. The molecule has 1 fully saturated rings. The zero-order valence-corrected chi connectivity index (χ0v) is 17.5. The molecule has 1 aliphatic carbocycles. The first-order chi connectivity index (χ1) is 15.1. The van der Waals surface area contributed by atoms with Crippen molar-refractivity contribution in [1.82, 2.24) is 45.3 Å². The molecule has 0 aromatic carbocycles. The molecule has 0 spiro atoms. The van der Waals surface area contributed by atoms with Crippen LogP contribution in [-0.2, 0) is 26.6 Å². The summed E-state index contributed by atoms with van der Waals surface area (Å²) >= 11 is 0. The molecule has 5 rings (SSSR count). The van der Waals surface area contributed by atoms with Crippen LogP contribution in [0.4, 0.5) is 0 Å². The number of nitrogens with one attached hydrogen (secondary N) is 2. The van der Waals surface area contributed by atoms with Crippen molar-refractivity contribution in [3.63, 3.8) is 0 Å². The van der Waals surface area contributed by atoms with E-state index in [-0.39, 0.29) is 5.91 Å². The van der Waals surface area contributed by atoms with Gasteiger partial charge in [-0.2, -0.15) is 10.2 Å². The Morgan fingerprint density at radius 1 is 1.19 bits per heavy atom. The van der Waals surface area contributed by atoms with Crippen LogP contribution in [0.15, 0.2) is 30.6 Å². The van der Waals surface area contributed by atoms with Gasteiger partial charge in [-0.15, -0.1) is 10.2 Å². The lowest BCUT2D eigenvalue weighted by molar-refractivity contribution is 0.0945. The summed E-state index contributed by atoms with van der Waals surface area (Å²) in [7, 11) is 1.84. The molecule has 0 saturated heterocycles. The average molecular weight is 419 g/mol. The number of aryl methyl sites for hydroxylation is 3. The van der Waals surface area contributed by atoms with Gasteiger partial charge in [0.25, 0.3) is 5.91 Å². The Labute approximate surface area is 179 Å². The highest BCUT2D eigenvalue weighted by Gasteiger charge is 2.25. The van der Waals surface area contributed by atoms with Crippen molar-refractivity contribution in [3.8, 4) is 0 Å². The van der Waals surface area contributed by atoms with Gasteiger partial charge in [-0.1, -0.05) is 5.21 Å². The Morgan fingerprint density at radius 2 is 2.10 bits per heavy atom. The first-order valence-electron chi connectivity index (χ1n) is 10.7. The molecule has 0 radical (unpaired) electrons. The predicted octanol–water partition coefficient (Wildman–Crippen LogP) is 2.11. The molecule has 2 N–H and O–H groups in total. The van der Waals surface area contributed by atoms with Crippen molar-refractivity contribution >= 4 is 16.9 Å². The number of carbonyl (C=O) groups is 1. The summed E-state index contributed by atoms with van der Waals surface area (Å²) < 4.78 is 3.41. The summed E-state index contributed by atoms with van der Waals surface area (Å²) in [6.07, 6.45) is 8.79. The summed E-state index contributed by atoms with van der Waals surface area (Å²) in [5, 5.41) is 24.9. The van der Waals surface area contributed by atoms with E-state index in [1.165, 1.54) is 18.5 Å². The fourth-order valence-electron chi connectivity index (χ4n) is 3.64. The maximum absolute atomic E-state index is 12.2. The number of fused-ring (bicyclic) bond motifs is 1. The van der Waals surface area contributed by atoms with E-state index in [1.54, 1.807) is 15.6 Å². The highest BCUT2D eigenvalue weighted by molar-refractivity contribution is 5.91. The Morgan fingerprint density at radius 3 is 2.90 bits per heavy atom. The number of amides is 1. The average Bonchev–Trinajstić information content (AvgIpc) is 3.16. The van der Waals surface area contributed by atoms with Gasteiger partial charge in [0, 0.05) is 30.9 Å². The van der Waals surface area contributed by atoms with Crippen molar-refractivity contribution in [2.45, 2.75) is 51.1 Å². The Balaban J connectivity index is 1.08. The number of hydrogen-bond acceptors (Lipinski definition) is 6. The molecule has 1 aliphatic rings. The van der Waals surface area contributed by atoms with Crippen LogP contribution in [0.2, 0.25) is 0 Å². The van der Waals surface area contributed by atoms with E-state index in [2.05, 4.69) is 48.0 Å². The van der Waals surface area contributed by atoms with E-state index >= 15 is 0 Å². The topological polar surface area (TPSA) is 119 Å². The molecule has 160 valence electrons. The van der Waals surface area contributed by atoms with E-state index in [0.717, 1.165) is 41.7 Å². The summed E-state index contributed by atoms with van der Waals surface area (Å²) in [5.41, 5.74) is 4.27. The van der Waals surface area contributed by atoms with E-state index in [1.807, 2.05) is 19.3 Å². The standard InChI is InChI=1S/C21H25N9O/c1-29-9-7-17(27-29)12-22-21(31)19-13-30(28-25-19)8-3-2-4-16-10-15-11-18(14-5-6-14)23-20(15)26-24-16/h7,9-11,13-14H,2-6,8,12H2,1H3,(H,22,31)(H,23,26). The van der Waals surface area contributed by atoms with Crippen LogP contribution in [-0.4, -0.2) is 45.9 Å². The van der Waals surface area contributed by atoms with E-state index in [0.29, 0.717) is 24.7 Å². The molecule has 10 heteroatoms. The lowest BCUT2D eigenvalue weighted by Gasteiger charge is -2.01. The van der Waals surface area contributed by atoms with Crippen LogP contribution in [0.5, 0.6) is 0 Å². The number of nitrogens with zero attached hydrogens (tertiary/aromatic N) is 7. The minimum Gasteiger partial charge on any atom is -0.345 e. The summed E-state index contributed by atoms with van der Waals surface area (Å²) in [6.45, 7) is 1.06. The van der Waals surface area contributed by atoms with Gasteiger partial charge in [-0.25, -0.2) is 0 Å². The second kappa shape index (κ2) is 8.29. The van der Waals surface area contributed by atoms with Crippen LogP contribution in [0, 0.1) is 0 Å². The highest BCUT2D eigenvalue weighted by atomic mass is 16.2. The molecule has 0 aliphatic heterocycles. The van der Waals surface area contributed by atoms with Crippen molar-refractivity contribution in [2.75, 3.05) is 0 Å². The molecule has 0 atom stereocenters. The molecular formula is C21H25N9O. The first-order valence-corrected chi connectivity index (χ1v) is 10.7. The van der Waals surface area contributed by atoms with Crippen LogP contribution >= 0.6 is 0 Å². The molecule has 0 bridgehead atoms. The maximum Gasteiger partial charge on any atom is 0.273 e. The molecule has 1 amide bonds. The van der Waals surface area contributed by atoms with Crippen molar-refractivity contribution < 1.29 is 4.79 Å². The van der Waals surface area contributed by atoms with Crippen LogP contribution in [0.25, 0.3) is 11.0 Å². The molecule has 4 aromatic heterocycles. The monoisotopic (exact) mass is 419 g/mol. The summed E-state index contributed by atoms with van der Waals surface area (Å²) in [6, 6.07) is 6.20. The number of rotatable bonds is 9. The van der Waals surface area contributed by atoms with Gasteiger partial charge in [0.05, 0.1) is 24.1 Å². The van der Waals surface area contributed by atoms with Crippen LogP contribution < -0.4 is 5.32 Å². The highest BCUT2D eigenvalue weighted by Crippen LogP contribution is 2.40. The largest absolute Gasteiger partial charge is 0.345 e. The number of aromatic nitrogens is 8. The lowest BCUT2D eigenvalue weighted by Crippen LogP contribution is -2.23. The van der Waals surface area contributed by atoms with Gasteiger partial charge in [0.1, 0.15) is 0 Å². The van der Waals surface area contributed by atoms with Gasteiger partial charge in [-0.3, -0.25) is 14.2 Å². The minimum absolute atomic E-state index is 0.252. The Bertz CT molecular complexity index is 1200. The smallest absolute Gasteiger partial charge is 0.273 e. The molecule has 1 saturated carbocycles. The number of carbonyl (C=O) groups excluding carboxylic acids is 1. The number of unbranched alkanes of at least 4 members (excludes halogenated alkanes) is 1. The first kappa shape index (κ1) is 19.4. The normalized spacial score (nSPS) is 13.7. The Hall–Kier alpha value is -3.56. The zero-order valence-electron chi connectivity index (χ0n) is 17.5. The molecule has 0 unspecified atom stereocenters. The van der Waals surface area contributed by atoms with Gasteiger partial charge in [0.2, 0.25) is 0 Å². The molecule has 4 aromatic rings. The minimum atomic E-state index is -0.252. The molecule has 31 heavy (non-hydrogen) atoms. The third-order valence-corrected chi connectivity index (χ3v) is 5.51. The number of aromatic amines is 1. The third-order valence-electron chi connectivity index (χ3n) is 5.51. The molecular weight excluding hydrogens is 394 g/mol. The van der Waals surface area contributed by atoms with Gasteiger partial charge < -0.3 is 10.3 Å². The zero-order chi connectivity index (χ0) is 21.2. The van der Waals surface area contributed by atoms with E-state index in [4.69, 9.17) is 0 Å². The second-order valence-electron chi connectivity index (χ2n) is 8.13. The number of hydrogen-bond donors (Lipinski definition) is 2. The van der Waals surface area contributed by atoms with Crippen LogP contribution in [0.3, 0.4) is 0 Å². The van der Waals surface area contributed by atoms with Gasteiger partial charge >= 0.3 is 0 Å². The van der Waals surface area contributed by atoms with Crippen molar-refractivity contribution in [2.24, 2.45) is 7.05 Å².